The van der Waals surface area contributed by atoms with Crippen molar-refractivity contribution in [2.24, 2.45) is 0 Å². The van der Waals surface area contributed by atoms with Crippen molar-refractivity contribution in [2.75, 3.05) is 21.3 Å². The van der Waals surface area contributed by atoms with Crippen LogP contribution in [0.4, 0.5) is 0 Å². The largest absolute Gasteiger partial charge is 0.465 e. The average Bonchev–Trinajstić information content (AvgIpc) is 3.33. The maximum absolute atomic E-state index is 13.0. The molecule has 8 nitrogen and oxygen atoms in total. The van der Waals surface area contributed by atoms with Crippen molar-refractivity contribution in [1.82, 2.24) is 9.78 Å². The Morgan fingerprint density at radius 1 is 0.657 bits per heavy atom. The molecule has 0 unspecified atom stereocenters. The highest BCUT2D eigenvalue weighted by Gasteiger charge is 2.32. The number of aromatic nitrogens is 2. The van der Waals surface area contributed by atoms with Crippen LogP contribution in [-0.4, -0.2) is 49.0 Å². The summed E-state index contributed by atoms with van der Waals surface area (Å²) in [4.78, 5) is 37.6. The summed E-state index contributed by atoms with van der Waals surface area (Å²) >= 11 is 0. The summed E-state index contributed by atoms with van der Waals surface area (Å²) in [6.07, 6.45) is 0. The number of para-hydroxylation sites is 1. The number of rotatable bonds is 6. The second-order valence-corrected chi connectivity index (χ2v) is 7.42. The smallest absolute Gasteiger partial charge is 0.357 e. The quantitative estimate of drug-likeness (QED) is 0.301. The Labute approximate surface area is 201 Å². The van der Waals surface area contributed by atoms with Gasteiger partial charge in [0.25, 0.3) is 0 Å². The first-order valence-corrected chi connectivity index (χ1v) is 10.6. The van der Waals surface area contributed by atoms with Crippen molar-refractivity contribution in [2.45, 2.75) is 0 Å². The number of ether oxygens (including phenoxy) is 3. The molecule has 1 heterocycles. The third-order valence-electron chi connectivity index (χ3n) is 5.45. The van der Waals surface area contributed by atoms with Crippen molar-refractivity contribution < 1.29 is 28.6 Å². The van der Waals surface area contributed by atoms with Gasteiger partial charge < -0.3 is 14.2 Å². The molecular formula is C27H22N2O6. The van der Waals surface area contributed by atoms with Crippen LogP contribution < -0.4 is 0 Å². The van der Waals surface area contributed by atoms with E-state index in [2.05, 4.69) is 5.10 Å². The predicted octanol–water partition coefficient (Wildman–Crippen LogP) is 4.57. The molecule has 1 aromatic heterocycles. The molecule has 0 saturated heterocycles. The van der Waals surface area contributed by atoms with Gasteiger partial charge in [0.1, 0.15) is 11.3 Å². The van der Waals surface area contributed by atoms with Gasteiger partial charge in [0.2, 0.25) is 0 Å². The van der Waals surface area contributed by atoms with Gasteiger partial charge in [0.15, 0.2) is 5.69 Å². The zero-order valence-electron chi connectivity index (χ0n) is 19.3. The molecule has 176 valence electrons. The van der Waals surface area contributed by atoms with Crippen LogP contribution in [0.3, 0.4) is 0 Å². The Bertz CT molecular complexity index is 1390. The molecular weight excluding hydrogens is 448 g/mol. The van der Waals surface area contributed by atoms with Crippen LogP contribution in [0.2, 0.25) is 0 Å². The fraction of sp³-hybridized carbons (Fsp3) is 0.111. The van der Waals surface area contributed by atoms with E-state index in [0.717, 1.165) is 11.1 Å². The van der Waals surface area contributed by atoms with Crippen molar-refractivity contribution >= 4 is 17.9 Å². The molecule has 0 aliphatic carbocycles. The van der Waals surface area contributed by atoms with Crippen LogP contribution in [0, 0.1) is 0 Å². The van der Waals surface area contributed by atoms with E-state index in [9.17, 15) is 14.4 Å². The van der Waals surface area contributed by atoms with Gasteiger partial charge >= 0.3 is 17.9 Å². The summed E-state index contributed by atoms with van der Waals surface area (Å²) in [6.45, 7) is 0. The Kier molecular flexibility index (Phi) is 6.73. The highest BCUT2D eigenvalue weighted by molar-refractivity contribution is 6.08. The molecule has 0 fully saturated rings. The van der Waals surface area contributed by atoms with Gasteiger partial charge in [-0.3, -0.25) is 0 Å². The van der Waals surface area contributed by atoms with E-state index < -0.39 is 17.9 Å². The molecule has 0 N–H and O–H groups in total. The van der Waals surface area contributed by atoms with E-state index in [0.29, 0.717) is 16.8 Å². The fourth-order valence-corrected chi connectivity index (χ4v) is 3.79. The highest BCUT2D eigenvalue weighted by atomic mass is 16.5. The Morgan fingerprint density at radius 3 is 1.83 bits per heavy atom. The number of benzene rings is 3. The molecule has 8 heteroatoms. The van der Waals surface area contributed by atoms with Crippen LogP contribution in [0.5, 0.6) is 0 Å². The third-order valence-corrected chi connectivity index (χ3v) is 5.45. The summed E-state index contributed by atoms with van der Waals surface area (Å²) in [5.74, 6) is -1.89. The predicted molar refractivity (Wildman–Crippen MR) is 128 cm³/mol. The van der Waals surface area contributed by atoms with E-state index in [1.807, 2.05) is 24.3 Å². The van der Waals surface area contributed by atoms with Crippen molar-refractivity contribution in [3.8, 4) is 28.1 Å². The van der Waals surface area contributed by atoms with Gasteiger partial charge in [-0.1, -0.05) is 54.6 Å². The van der Waals surface area contributed by atoms with Crippen molar-refractivity contribution in [1.29, 1.82) is 0 Å². The summed E-state index contributed by atoms with van der Waals surface area (Å²) in [7, 11) is 3.80. The van der Waals surface area contributed by atoms with Gasteiger partial charge in [0.05, 0.1) is 32.6 Å². The van der Waals surface area contributed by atoms with Crippen LogP contribution >= 0.6 is 0 Å². The van der Waals surface area contributed by atoms with Gasteiger partial charge in [-0.25, -0.2) is 19.1 Å². The lowest BCUT2D eigenvalue weighted by molar-refractivity contribution is 0.0549. The fourth-order valence-electron chi connectivity index (χ4n) is 3.79. The van der Waals surface area contributed by atoms with Gasteiger partial charge in [-0.05, 0) is 35.4 Å². The van der Waals surface area contributed by atoms with Gasteiger partial charge in [-0.2, -0.15) is 5.10 Å². The SMILES string of the molecule is COC(=O)c1ccc(-c2ccccc2-c2nn(-c3ccccc3)c(C(=O)OC)c2C(=O)OC)cc1. The average molecular weight is 470 g/mol. The second kappa shape index (κ2) is 10.0. The summed E-state index contributed by atoms with van der Waals surface area (Å²) in [6, 6.07) is 23.1. The molecule has 0 spiro atoms. The Morgan fingerprint density at radius 2 is 1.23 bits per heavy atom. The minimum Gasteiger partial charge on any atom is -0.465 e. The first-order valence-electron chi connectivity index (χ1n) is 10.6. The first-order chi connectivity index (χ1) is 17.0. The lowest BCUT2D eigenvalue weighted by Gasteiger charge is -2.10. The van der Waals surface area contributed by atoms with E-state index in [1.165, 1.54) is 26.0 Å². The number of esters is 3. The number of hydrogen-bond donors (Lipinski definition) is 0. The van der Waals surface area contributed by atoms with Gasteiger partial charge in [-0.15, -0.1) is 0 Å². The molecule has 3 aromatic carbocycles. The topological polar surface area (TPSA) is 96.7 Å². The number of methoxy groups -OCH3 is 3. The molecule has 0 aliphatic rings. The van der Waals surface area contributed by atoms with Crippen LogP contribution in [0.1, 0.15) is 31.2 Å². The second-order valence-electron chi connectivity index (χ2n) is 7.42. The van der Waals surface area contributed by atoms with E-state index in [1.54, 1.807) is 54.6 Å². The minimum absolute atomic E-state index is 0.0122. The summed E-state index contributed by atoms with van der Waals surface area (Å²) in [5, 5.41) is 4.67. The van der Waals surface area contributed by atoms with E-state index in [4.69, 9.17) is 14.2 Å². The highest BCUT2D eigenvalue weighted by Crippen LogP contribution is 2.36. The lowest BCUT2D eigenvalue weighted by Crippen LogP contribution is -2.15. The lowest BCUT2D eigenvalue weighted by atomic mass is 9.94. The Balaban J connectivity index is 1.98. The molecule has 0 saturated carbocycles. The number of nitrogens with zero attached hydrogens (tertiary/aromatic N) is 2. The molecule has 4 rings (SSSR count). The number of carbonyl (C=O) groups is 3. The zero-order chi connectivity index (χ0) is 24.9. The molecule has 0 amide bonds. The van der Waals surface area contributed by atoms with Crippen molar-refractivity contribution in [3.05, 3.63) is 95.7 Å². The Hall–Kier alpha value is -4.72. The van der Waals surface area contributed by atoms with Crippen LogP contribution in [0.25, 0.3) is 28.1 Å². The van der Waals surface area contributed by atoms with Gasteiger partial charge in [0, 0.05) is 5.56 Å². The first kappa shape index (κ1) is 23.4. The zero-order valence-corrected chi connectivity index (χ0v) is 19.3. The number of carbonyl (C=O) groups excluding carboxylic acids is 3. The molecule has 0 radical (unpaired) electrons. The maximum atomic E-state index is 13.0. The number of hydrogen-bond acceptors (Lipinski definition) is 7. The molecule has 0 bridgehead atoms. The monoisotopic (exact) mass is 470 g/mol. The van der Waals surface area contributed by atoms with Crippen LogP contribution in [-0.2, 0) is 14.2 Å². The standard InChI is InChI=1S/C27H22N2O6/c1-33-25(30)18-15-13-17(14-16-18)20-11-7-8-12-21(20)23-22(26(31)34-2)24(27(32)35-3)29(28-23)19-9-5-4-6-10-19/h4-16H,1-3H3. The van der Waals surface area contributed by atoms with Crippen LogP contribution in [0.15, 0.2) is 78.9 Å². The molecule has 0 aliphatic heterocycles. The minimum atomic E-state index is -0.729. The normalized spacial score (nSPS) is 10.5. The molecule has 0 atom stereocenters. The summed E-state index contributed by atoms with van der Waals surface area (Å²) in [5.41, 5.74) is 3.29. The molecule has 35 heavy (non-hydrogen) atoms. The van der Waals surface area contributed by atoms with Crippen molar-refractivity contribution in [3.63, 3.8) is 0 Å². The maximum Gasteiger partial charge on any atom is 0.357 e. The molecule has 4 aromatic rings. The van der Waals surface area contributed by atoms with E-state index >= 15 is 0 Å². The summed E-state index contributed by atoms with van der Waals surface area (Å²) < 4.78 is 16.2. The van der Waals surface area contributed by atoms with E-state index in [-0.39, 0.29) is 17.0 Å². The third kappa shape index (κ3) is 4.41.